The molecule has 1 aliphatic carbocycles. The molecule has 3 nitrogen and oxygen atoms in total. The highest BCUT2D eigenvalue weighted by molar-refractivity contribution is 6.29. The first-order chi connectivity index (χ1) is 10.3. The predicted molar refractivity (Wildman–Crippen MR) is 77.3 cm³/mol. The smallest absolute Gasteiger partial charge is 0.187 e. The Labute approximate surface area is 130 Å². The number of benzene rings is 1. The average Bonchev–Trinajstić information content (AvgIpc) is 2.48. The van der Waals surface area contributed by atoms with Gasteiger partial charge in [-0.05, 0) is 49.6 Å². The number of pyridine rings is 1. The van der Waals surface area contributed by atoms with E-state index in [1.165, 1.54) is 6.07 Å². The lowest BCUT2D eigenvalue weighted by atomic mass is 9.69. The number of phenols is 1. The fraction of sp³-hybridized carbons (Fsp3) is 0.250. The van der Waals surface area contributed by atoms with Gasteiger partial charge in [0, 0.05) is 5.56 Å². The van der Waals surface area contributed by atoms with Crippen LogP contribution in [0, 0.1) is 11.6 Å². The molecule has 114 valence electrons. The second-order valence-corrected chi connectivity index (χ2v) is 5.97. The van der Waals surface area contributed by atoms with E-state index in [2.05, 4.69) is 4.98 Å². The molecule has 0 saturated carbocycles. The van der Waals surface area contributed by atoms with Gasteiger partial charge in [0.25, 0.3) is 0 Å². The monoisotopic (exact) mass is 323 g/mol. The summed E-state index contributed by atoms with van der Waals surface area (Å²) in [4.78, 5) is 16.9. The van der Waals surface area contributed by atoms with Crippen LogP contribution in [0.25, 0.3) is 0 Å². The third kappa shape index (κ3) is 2.16. The number of hydrogen-bond donors (Lipinski definition) is 1. The van der Waals surface area contributed by atoms with Crippen molar-refractivity contribution in [3.8, 4) is 5.75 Å². The third-order valence-electron chi connectivity index (χ3n) is 4.20. The molecule has 1 aromatic carbocycles. The van der Waals surface area contributed by atoms with E-state index in [0.717, 1.165) is 12.1 Å². The van der Waals surface area contributed by atoms with Crippen molar-refractivity contribution in [2.24, 2.45) is 0 Å². The van der Waals surface area contributed by atoms with E-state index in [-0.39, 0.29) is 11.3 Å². The Morgan fingerprint density at radius 3 is 2.55 bits per heavy atom. The summed E-state index contributed by atoms with van der Waals surface area (Å²) in [7, 11) is 0. The van der Waals surface area contributed by atoms with Crippen LogP contribution in [0.15, 0.2) is 24.3 Å². The Morgan fingerprint density at radius 1 is 1.27 bits per heavy atom. The molecule has 2 aromatic rings. The molecular formula is C16H12ClF2NO2. The van der Waals surface area contributed by atoms with Gasteiger partial charge in [-0.15, -0.1) is 0 Å². The van der Waals surface area contributed by atoms with Gasteiger partial charge in [-0.2, -0.15) is 0 Å². The molecule has 1 aliphatic rings. The number of Topliss-reactive ketones (excluding diaryl/α,β-unsaturated/α-hetero) is 1. The molecule has 6 heteroatoms. The zero-order valence-electron chi connectivity index (χ0n) is 11.7. The van der Waals surface area contributed by atoms with Crippen LogP contribution in [0.3, 0.4) is 0 Å². The van der Waals surface area contributed by atoms with Crippen LogP contribution < -0.4 is 0 Å². The van der Waals surface area contributed by atoms with E-state index < -0.39 is 22.8 Å². The van der Waals surface area contributed by atoms with Crippen molar-refractivity contribution < 1.29 is 18.7 Å². The van der Waals surface area contributed by atoms with Crippen molar-refractivity contribution in [3.63, 3.8) is 0 Å². The molecule has 1 N–H and O–H groups in total. The second-order valence-electron chi connectivity index (χ2n) is 5.58. The molecule has 0 bridgehead atoms. The summed E-state index contributed by atoms with van der Waals surface area (Å²) in [5, 5.41) is 9.51. The number of aryl methyl sites for hydroxylation is 1. The Kier molecular flexibility index (Phi) is 3.40. The zero-order valence-corrected chi connectivity index (χ0v) is 12.4. The molecule has 22 heavy (non-hydrogen) atoms. The first kappa shape index (κ1) is 14.9. The summed E-state index contributed by atoms with van der Waals surface area (Å²) in [5.41, 5.74) is 0.130. The van der Waals surface area contributed by atoms with Crippen LogP contribution in [0.2, 0.25) is 5.15 Å². The molecular weight excluding hydrogens is 312 g/mol. The van der Waals surface area contributed by atoms with E-state index in [1.54, 1.807) is 13.0 Å². The van der Waals surface area contributed by atoms with Crippen LogP contribution in [0.1, 0.15) is 35.0 Å². The molecule has 0 fully saturated rings. The zero-order chi connectivity index (χ0) is 16.1. The number of phenolic OH excluding ortho intramolecular Hbond substituents is 1. The van der Waals surface area contributed by atoms with Gasteiger partial charge in [0.05, 0.1) is 11.1 Å². The molecule has 0 saturated heterocycles. The van der Waals surface area contributed by atoms with Gasteiger partial charge < -0.3 is 5.11 Å². The fourth-order valence-electron chi connectivity index (χ4n) is 2.81. The number of nitrogens with zero attached hydrogens (tertiary/aromatic N) is 1. The Hall–Kier alpha value is -2.01. The maximum atomic E-state index is 13.6. The molecule has 1 aromatic heterocycles. The highest BCUT2D eigenvalue weighted by Gasteiger charge is 2.41. The molecule has 1 unspecified atom stereocenters. The number of ketones is 1. The first-order valence-corrected chi connectivity index (χ1v) is 7.09. The summed E-state index contributed by atoms with van der Waals surface area (Å²) in [5.74, 6) is -3.46. The largest absolute Gasteiger partial charge is 0.503 e. The van der Waals surface area contributed by atoms with Crippen molar-refractivity contribution in [1.29, 1.82) is 0 Å². The second kappa shape index (κ2) is 5.02. The van der Waals surface area contributed by atoms with Crippen molar-refractivity contribution in [3.05, 3.63) is 57.9 Å². The summed E-state index contributed by atoms with van der Waals surface area (Å²) < 4.78 is 27.2. The van der Waals surface area contributed by atoms with Gasteiger partial charge in [0.1, 0.15) is 5.15 Å². The Balaban J connectivity index is 2.12. The summed E-state index contributed by atoms with van der Waals surface area (Å²) in [6.07, 6.45) is 0.831. The Morgan fingerprint density at radius 2 is 1.91 bits per heavy atom. The predicted octanol–water partition coefficient (Wildman–Crippen LogP) is 3.81. The summed E-state index contributed by atoms with van der Waals surface area (Å²) in [6.45, 7) is 1.64. The van der Waals surface area contributed by atoms with Crippen molar-refractivity contribution in [2.75, 3.05) is 0 Å². The third-order valence-corrected chi connectivity index (χ3v) is 4.41. The maximum absolute atomic E-state index is 13.6. The maximum Gasteiger partial charge on any atom is 0.187 e. The van der Waals surface area contributed by atoms with Gasteiger partial charge in [0.15, 0.2) is 23.2 Å². The number of aromatic nitrogens is 1. The molecule has 3 rings (SSSR count). The minimum absolute atomic E-state index is 0.200. The van der Waals surface area contributed by atoms with E-state index in [4.69, 9.17) is 11.6 Å². The van der Waals surface area contributed by atoms with Crippen LogP contribution in [0.4, 0.5) is 8.78 Å². The topological polar surface area (TPSA) is 50.2 Å². The van der Waals surface area contributed by atoms with Gasteiger partial charge in [-0.25, -0.2) is 13.8 Å². The highest BCUT2D eigenvalue weighted by Crippen LogP contribution is 2.39. The van der Waals surface area contributed by atoms with Crippen LogP contribution in [-0.4, -0.2) is 15.9 Å². The molecule has 0 spiro atoms. The summed E-state index contributed by atoms with van der Waals surface area (Å²) >= 11 is 5.82. The first-order valence-electron chi connectivity index (χ1n) is 6.71. The van der Waals surface area contributed by atoms with Crippen LogP contribution >= 0.6 is 11.6 Å². The van der Waals surface area contributed by atoms with Crippen molar-refractivity contribution >= 4 is 17.4 Å². The lowest BCUT2D eigenvalue weighted by Crippen LogP contribution is -2.38. The lowest BCUT2D eigenvalue weighted by molar-refractivity contribution is 0.0873. The lowest BCUT2D eigenvalue weighted by Gasteiger charge is -2.33. The molecule has 0 radical (unpaired) electrons. The molecule has 1 heterocycles. The number of rotatable bonds is 1. The van der Waals surface area contributed by atoms with E-state index in [1.807, 2.05) is 0 Å². The Bertz CT molecular complexity index is 771. The SMILES string of the molecule is CC1(c2cc(F)c(O)c(F)c2)CCc2nc(Cl)ccc2C1=O. The van der Waals surface area contributed by atoms with Gasteiger partial charge >= 0.3 is 0 Å². The number of carbonyl (C=O) groups excluding carboxylic acids is 1. The van der Waals surface area contributed by atoms with E-state index >= 15 is 0 Å². The van der Waals surface area contributed by atoms with E-state index in [0.29, 0.717) is 29.3 Å². The summed E-state index contributed by atoms with van der Waals surface area (Å²) in [6, 6.07) is 5.11. The number of halogens is 3. The highest BCUT2D eigenvalue weighted by atomic mass is 35.5. The molecule has 0 aliphatic heterocycles. The van der Waals surface area contributed by atoms with Crippen LogP contribution in [0.5, 0.6) is 5.75 Å². The average molecular weight is 324 g/mol. The number of aromatic hydroxyl groups is 1. The number of carbonyl (C=O) groups is 1. The standard InChI is InChI=1S/C16H12ClF2NO2/c1-16(8-6-10(18)14(21)11(19)7-8)5-4-12-9(15(16)22)2-3-13(17)20-12/h2-3,6-7,21H,4-5H2,1H3. The van der Waals surface area contributed by atoms with Gasteiger partial charge in [-0.1, -0.05) is 11.6 Å². The molecule has 0 amide bonds. The minimum Gasteiger partial charge on any atom is -0.503 e. The van der Waals surface area contributed by atoms with E-state index in [9.17, 15) is 18.7 Å². The number of hydrogen-bond acceptors (Lipinski definition) is 3. The minimum atomic E-state index is -1.08. The van der Waals surface area contributed by atoms with Crippen LogP contribution in [-0.2, 0) is 11.8 Å². The number of fused-ring (bicyclic) bond motifs is 1. The van der Waals surface area contributed by atoms with Crippen molar-refractivity contribution in [1.82, 2.24) is 4.98 Å². The van der Waals surface area contributed by atoms with Gasteiger partial charge in [0.2, 0.25) is 0 Å². The normalized spacial score (nSPS) is 20.8. The quantitative estimate of drug-likeness (QED) is 0.812. The van der Waals surface area contributed by atoms with Crippen molar-refractivity contribution in [2.45, 2.75) is 25.2 Å². The molecule has 1 atom stereocenters. The van der Waals surface area contributed by atoms with Gasteiger partial charge in [-0.3, -0.25) is 4.79 Å². The fourth-order valence-corrected chi connectivity index (χ4v) is 2.98.